The van der Waals surface area contributed by atoms with Gasteiger partial charge in [0.25, 0.3) is 5.91 Å². The number of rotatable bonds is 7. The molecule has 2 aromatic heterocycles. The van der Waals surface area contributed by atoms with E-state index >= 15 is 0 Å². The molecule has 0 fully saturated rings. The predicted octanol–water partition coefficient (Wildman–Crippen LogP) is 4.78. The molecule has 0 unspecified atom stereocenters. The molecule has 0 aliphatic heterocycles. The van der Waals surface area contributed by atoms with Crippen molar-refractivity contribution < 1.29 is 22.4 Å². The number of hydrogen-bond donors (Lipinski definition) is 2. The van der Waals surface area contributed by atoms with Crippen molar-refractivity contribution in [3.63, 3.8) is 0 Å². The Labute approximate surface area is 187 Å². The number of carbonyl (C=O) groups excluding carboxylic acids is 1. The molecule has 3 aromatic rings. The second-order valence-corrected chi connectivity index (χ2v) is 8.77. The van der Waals surface area contributed by atoms with Gasteiger partial charge >= 0.3 is 6.18 Å². The molecule has 0 radical (unpaired) electrons. The summed E-state index contributed by atoms with van der Waals surface area (Å²) in [6.45, 7) is 1.61. The van der Waals surface area contributed by atoms with Crippen molar-refractivity contribution in [2.75, 3.05) is 0 Å². The molecule has 2 heterocycles. The number of thiazole rings is 1. The highest BCUT2D eigenvalue weighted by Gasteiger charge is 2.37. The van der Waals surface area contributed by atoms with E-state index in [0.29, 0.717) is 4.90 Å². The Balaban J connectivity index is 1.68. The van der Waals surface area contributed by atoms with Crippen LogP contribution in [0.15, 0.2) is 35.5 Å². The van der Waals surface area contributed by atoms with Gasteiger partial charge in [-0.3, -0.25) is 14.5 Å². The molecule has 0 aliphatic carbocycles. The molecule has 3 rings (SSSR count). The van der Waals surface area contributed by atoms with Gasteiger partial charge in [-0.15, -0.1) is 11.3 Å². The molecule has 0 saturated heterocycles. The second-order valence-electron chi connectivity index (χ2n) is 6.08. The fourth-order valence-corrected chi connectivity index (χ4v) is 4.02. The fraction of sp³-hybridized carbons (Fsp3) is 0.222. The number of nitrogens with one attached hydrogen (secondary N) is 2. The molecular formula is C18H14ClF4N5OS2. The van der Waals surface area contributed by atoms with E-state index in [1.807, 2.05) is 0 Å². The van der Waals surface area contributed by atoms with Gasteiger partial charge in [-0.25, -0.2) is 14.4 Å². The Bertz CT molecular complexity index is 1090. The van der Waals surface area contributed by atoms with Crippen LogP contribution in [0.25, 0.3) is 0 Å². The monoisotopic (exact) mass is 491 g/mol. The van der Waals surface area contributed by atoms with Crippen molar-refractivity contribution in [1.82, 2.24) is 25.0 Å². The van der Waals surface area contributed by atoms with Gasteiger partial charge in [-0.05, 0) is 37.1 Å². The van der Waals surface area contributed by atoms with E-state index in [-0.39, 0.29) is 23.8 Å². The van der Waals surface area contributed by atoms with E-state index in [0.717, 1.165) is 34.1 Å². The summed E-state index contributed by atoms with van der Waals surface area (Å²) in [6, 6.07) is 3.91. The summed E-state index contributed by atoms with van der Waals surface area (Å²) in [5.41, 5.74) is -2.10. The molecule has 13 heteroatoms. The molecule has 0 saturated carbocycles. The lowest BCUT2D eigenvalue weighted by molar-refractivity contribution is -0.142. The molecule has 0 atom stereocenters. The summed E-state index contributed by atoms with van der Waals surface area (Å²) < 4.78 is 56.3. The van der Waals surface area contributed by atoms with E-state index in [2.05, 4.69) is 25.0 Å². The summed E-state index contributed by atoms with van der Waals surface area (Å²) in [7, 11) is 0. The third-order valence-corrected chi connectivity index (χ3v) is 5.74. The van der Waals surface area contributed by atoms with Crippen molar-refractivity contribution in [1.29, 1.82) is 0 Å². The smallest absolute Gasteiger partial charge is 0.346 e. The molecule has 6 nitrogen and oxygen atoms in total. The van der Waals surface area contributed by atoms with Gasteiger partial charge in [0, 0.05) is 16.0 Å². The van der Waals surface area contributed by atoms with Crippen molar-refractivity contribution in [3.05, 3.63) is 68.4 Å². The molecule has 31 heavy (non-hydrogen) atoms. The van der Waals surface area contributed by atoms with E-state index in [1.165, 1.54) is 23.5 Å². The zero-order chi connectivity index (χ0) is 22.6. The first-order valence-corrected chi connectivity index (χ1v) is 10.6. The van der Waals surface area contributed by atoms with E-state index in [1.54, 1.807) is 13.1 Å². The normalized spacial score (nSPS) is 11.5. The lowest BCUT2D eigenvalue weighted by Gasteiger charge is -2.13. The molecule has 164 valence electrons. The summed E-state index contributed by atoms with van der Waals surface area (Å²) in [4.78, 5) is 24.8. The second kappa shape index (κ2) is 9.90. The van der Waals surface area contributed by atoms with Crippen LogP contribution in [0.3, 0.4) is 0 Å². The third kappa shape index (κ3) is 6.35. The van der Waals surface area contributed by atoms with Crippen molar-refractivity contribution in [2.45, 2.75) is 31.1 Å². The zero-order valence-corrected chi connectivity index (χ0v) is 18.1. The van der Waals surface area contributed by atoms with Crippen LogP contribution in [0.1, 0.15) is 31.8 Å². The molecule has 1 aromatic carbocycles. The average Bonchev–Trinajstić information content (AvgIpc) is 3.13. The summed E-state index contributed by atoms with van der Waals surface area (Å²) in [6.07, 6.45) is -2.24. The van der Waals surface area contributed by atoms with Crippen molar-refractivity contribution >= 4 is 40.8 Å². The van der Waals surface area contributed by atoms with Gasteiger partial charge in [-0.1, -0.05) is 11.6 Å². The first-order valence-electron chi connectivity index (χ1n) is 8.61. The van der Waals surface area contributed by atoms with Gasteiger partial charge < -0.3 is 5.32 Å². The molecule has 0 aliphatic rings. The standard InChI is InChI=1S/C18H14ClF4N5OS2/c1-9-24-5-11(30-9)6-26-17(29)15-7-25-14(16(28-15)18(21,22)23)8-27-31-10-2-3-13(20)12(19)4-10/h2-5,7,27H,6,8H2,1H3,(H,26,29). The highest BCUT2D eigenvalue weighted by molar-refractivity contribution is 7.97. The third-order valence-electron chi connectivity index (χ3n) is 3.76. The molecule has 0 spiro atoms. The minimum atomic E-state index is -4.81. The minimum absolute atomic E-state index is 0.105. The number of amides is 1. The number of aryl methyl sites for hydroxylation is 1. The number of carbonyl (C=O) groups is 1. The Morgan fingerprint density at radius 1 is 1.23 bits per heavy atom. The number of alkyl halides is 3. The first-order chi connectivity index (χ1) is 14.6. The molecule has 0 bridgehead atoms. The maximum absolute atomic E-state index is 13.5. The summed E-state index contributed by atoms with van der Waals surface area (Å²) in [5.74, 6) is -1.38. The number of hydrogen-bond acceptors (Lipinski definition) is 7. The molecule has 2 N–H and O–H groups in total. The minimum Gasteiger partial charge on any atom is -0.346 e. The number of halogens is 5. The van der Waals surface area contributed by atoms with Crippen LogP contribution in [-0.4, -0.2) is 20.9 Å². The summed E-state index contributed by atoms with van der Waals surface area (Å²) in [5, 5.41) is 3.20. The highest BCUT2D eigenvalue weighted by Crippen LogP contribution is 2.30. The predicted molar refractivity (Wildman–Crippen MR) is 109 cm³/mol. The Morgan fingerprint density at radius 2 is 2.00 bits per heavy atom. The Morgan fingerprint density at radius 3 is 2.65 bits per heavy atom. The van der Waals surface area contributed by atoms with Gasteiger partial charge in [0.1, 0.15) is 11.5 Å². The topological polar surface area (TPSA) is 79.8 Å². The number of aromatic nitrogens is 3. The molecule has 1 amide bonds. The van der Waals surface area contributed by atoms with Crippen LogP contribution < -0.4 is 10.0 Å². The Kier molecular flexibility index (Phi) is 7.46. The fourth-order valence-electron chi connectivity index (χ4n) is 2.35. The van der Waals surface area contributed by atoms with Crippen LogP contribution in [-0.2, 0) is 19.3 Å². The summed E-state index contributed by atoms with van der Waals surface area (Å²) >= 11 is 8.00. The van der Waals surface area contributed by atoms with Crippen LogP contribution in [0.5, 0.6) is 0 Å². The highest BCUT2D eigenvalue weighted by atomic mass is 35.5. The zero-order valence-electron chi connectivity index (χ0n) is 15.8. The lowest BCUT2D eigenvalue weighted by Crippen LogP contribution is -2.26. The van der Waals surface area contributed by atoms with Gasteiger partial charge in [0.2, 0.25) is 0 Å². The SMILES string of the molecule is Cc1ncc(CNC(=O)c2cnc(CNSc3ccc(F)c(Cl)c3)c(C(F)(F)F)n2)s1. The quantitative estimate of drug-likeness (QED) is 0.366. The number of benzene rings is 1. The van der Waals surface area contributed by atoms with E-state index in [4.69, 9.17) is 11.6 Å². The Hall–Kier alpha value is -2.28. The van der Waals surface area contributed by atoms with Crippen LogP contribution in [0.4, 0.5) is 17.6 Å². The first kappa shape index (κ1) is 23.4. The maximum Gasteiger partial charge on any atom is 0.435 e. The largest absolute Gasteiger partial charge is 0.435 e. The maximum atomic E-state index is 13.5. The van der Waals surface area contributed by atoms with Gasteiger partial charge in [0.05, 0.1) is 35.0 Å². The van der Waals surface area contributed by atoms with Crippen LogP contribution in [0.2, 0.25) is 5.02 Å². The average molecular weight is 492 g/mol. The van der Waals surface area contributed by atoms with Gasteiger partial charge in [0.15, 0.2) is 5.69 Å². The van der Waals surface area contributed by atoms with E-state index < -0.39 is 29.3 Å². The van der Waals surface area contributed by atoms with Crippen LogP contribution >= 0.6 is 34.9 Å². The molecular weight excluding hydrogens is 478 g/mol. The van der Waals surface area contributed by atoms with Crippen LogP contribution in [0, 0.1) is 12.7 Å². The van der Waals surface area contributed by atoms with Crippen molar-refractivity contribution in [2.24, 2.45) is 0 Å². The van der Waals surface area contributed by atoms with Gasteiger partial charge in [-0.2, -0.15) is 13.2 Å². The lowest BCUT2D eigenvalue weighted by atomic mass is 10.2. The van der Waals surface area contributed by atoms with E-state index in [9.17, 15) is 22.4 Å². The van der Waals surface area contributed by atoms with Crippen molar-refractivity contribution in [3.8, 4) is 0 Å². The number of nitrogens with zero attached hydrogens (tertiary/aromatic N) is 3.